The van der Waals surface area contributed by atoms with Gasteiger partial charge < -0.3 is 9.84 Å². The van der Waals surface area contributed by atoms with Crippen molar-refractivity contribution in [2.45, 2.75) is 26.8 Å². The van der Waals surface area contributed by atoms with E-state index in [4.69, 9.17) is 4.52 Å². The SMILES string of the molecule is CC(C)Cc1nc(CNC(=O)c2cccn3cnnc23)no1. The van der Waals surface area contributed by atoms with Crippen LogP contribution in [0.3, 0.4) is 0 Å². The quantitative estimate of drug-likeness (QED) is 0.761. The fraction of sp³-hybridized carbons (Fsp3) is 0.357. The summed E-state index contributed by atoms with van der Waals surface area (Å²) in [5, 5.41) is 14.3. The molecule has 0 aliphatic heterocycles. The van der Waals surface area contributed by atoms with Crippen LogP contribution in [0.5, 0.6) is 0 Å². The molecule has 3 rings (SSSR count). The summed E-state index contributed by atoms with van der Waals surface area (Å²) >= 11 is 0. The van der Waals surface area contributed by atoms with Gasteiger partial charge in [0, 0.05) is 12.6 Å². The number of nitrogens with zero attached hydrogens (tertiary/aromatic N) is 5. The van der Waals surface area contributed by atoms with Gasteiger partial charge in [0.05, 0.1) is 12.1 Å². The minimum atomic E-state index is -0.256. The lowest BCUT2D eigenvalue weighted by atomic mass is 10.1. The van der Waals surface area contributed by atoms with E-state index in [1.807, 2.05) is 0 Å². The number of fused-ring (bicyclic) bond motifs is 1. The molecule has 0 saturated carbocycles. The maximum Gasteiger partial charge on any atom is 0.255 e. The van der Waals surface area contributed by atoms with E-state index in [1.165, 1.54) is 0 Å². The molecule has 0 atom stereocenters. The Balaban J connectivity index is 1.67. The standard InChI is InChI=1S/C14H16N6O2/c1-9(2)6-12-17-11(19-22-12)7-15-14(21)10-4-3-5-20-8-16-18-13(10)20/h3-5,8-9H,6-7H2,1-2H3,(H,15,21). The van der Waals surface area contributed by atoms with Crippen LogP contribution in [0.1, 0.15) is 35.9 Å². The van der Waals surface area contributed by atoms with E-state index in [0.29, 0.717) is 28.8 Å². The third-order valence-electron chi connectivity index (χ3n) is 3.07. The van der Waals surface area contributed by atoms with Crippen molar-refractivity contribution in [1.29, 1.82) is 0 Å². The number of carbonyl (C=O) groups excluding carboxylic acids is 1. The zero-order chi connectivity index (χ0) is 15.5. The number of carbonyl (C=O) groups is 1. The van der Waals surface area contributed by atoms with Gasteiger partial charge >= 0.3 is 0 Å². The van der Waals surface area contributed by atoms with Gasteiger partial charge in [0.15, 0.2) is 11.5 Å². The Morgan fingerprint density at radius 2 is 2.32 bits per heavy atom. The summed E-state index contributed by atoms with van der Waals surface area (Å²) in [5.41, 5.74) is 0.958. The maximum absolute atomic E-state index is 12.2. The Labute approximate surface area is 126 Å². The minimum Gasteiger partial charge on any atom is -0.344 e. The molecule has 22 heavy (non-hydrogen) atoms. The molecule has 0 unspecified atom stereocenters. The molecule has 0 aromatic carbocycles. The van der Waals surface area contributed by atoms with Crippen LogP contribution in [-0.4, -0.2) is 30.6 Å². The highest BCUT2D eigenvalue weighted by Gasteiger charge is 2.13. The van der Waals surface area contributed by atoms with E-state index in [9.17, 15) is 4.79 Å². The number of hydrogen-bond donors (Lipinski definition) is 1. The molecule has 3 heterocycles. The van der Waals surface area contributed by atoms with Crippen LogP contribution in [0.15, 0.2) is 29.2 Å². The molecule has 114 valence electrons. The fourth-order valence-electron chi connectivity index (χ4n) is 2.08. The largest absolute Gasteiger partial charge is 0.344 e. The summed E-state index contributed by atoms with van der Waals surface area (Å²) < 4.78 is 6.82. The molecular formula is C14H16N6O2. The van der Waals surface area contributed by atoms with Gasteiger partial charge in [0.25, 0.3) is 5.91 Å². The van der Waals surface area contributed by atoms with Crippen molar-refractivity contribution in [3.05, 3.63) is 41.9 Å². The lowest BCUT2D eigenvalue weighted by Crippen LogP contribution is -2.24. The topological polar surface area (TPSA) is 98.2 Å². The summed E-state index contributed by atoms with van der Waals surface area (Å²) in [7, 11) is 0. The van der Waals surface area contributed by atoms with E-state index in [2.05, 4.69) is 39.5 Å². The van der Waals surface area contributed by atoms with Crippen molar-refractivity contribution in [1.82, 2.24) is 30.1 Å². The third-order valence-corrected chi connectivity index (χ3v) is 3.07. The number of pyridine rings is 1. The van der Waals surface area contributed by atoms with Crippen LogP contribution < -0.4 is 5.32 Å². The summed E-state index contributed by atoms with van der Waals surface area (Å²) in [4.78, 5) is 16.5. The molecule has 1 amide bonds. The van der Waals surface area contributed by atoms with Crippen molar-refractivity contribution in [3.63, 3.8) is 0 Å². The first-order chi connectivity index (χ1) is 10.6. The average molecular weight is 300 g/mol. The first kappa shape index (κ1) is 14.2. The highest BCUT2D eigenvalue weighted by Crippen LogP contribution is 2.08. The lowest BCUT2D eigenvalue weighted by Gasteiger charge is -2.03. The molecule has 8 nitrogen and oxygen atoms in total. The molecule has 0 saturated heterocycles. The molecule has 3 aromatic heterocycles. The molecule has 0 bridgehead atoms. The van der Waals surface area contributed by atoms with Gasteiger partial charge in [-0.25, -0.2) is 0 Å². The van der Waals surface area contributed by atoms with Gasteiger partial charge in [-0.05, 0) is 18.1 Å². The second-order valence-corrected chi connectivity index (χ2v) is 5.37. The summed E-state index contributed by atoms with van der Waals surface area (Å²) in [6, 6.07) is 3.46. The first-order valence-corrected chi connectivity index (χ1v) is 7.01. The number of hydrogen-bond acceptors (Lipinski definition) is 6. The Bertz CT molecular complexity index is 791. The maximum atomic E-state index is 12.2. The predicted molar refractivity (Wildman–Crippen MR) is 77.0 cm³/mol. The van der Waals surface area contributed by atoms with Gasteiger partial charge in [-0.1, -0.05) is 19.0 Å². The number of amides is 1. The zero-order valence-corrected chi connectivity index (χ0v) is 12.4. The molecule has 8 heteroatoms. The van der Waals surface area contributed by atoms with E-state index < -0.39 is 0 Å². The molecule has 0 radical (unpaired) electrons. The predicted octanol–water partition coefficient (Wildman–Crippen LogP) is 1.24. The van der Waals surface area contributed by atoms with Crippen LogP contribution >= 0.6 is 0 Å². The van der Waals surface area contributed by atoms with Gasteiger partial charge in [-0.3, -0.25) is 9.20 Å². The monoisotopic (exact) mass is 300 g/mol. The summed E-state index contributed by atoms with van der Waals surface area (Å²) in [6.07, 6.45) is 4.05. The molecule has 3 aromatic rings. The molecule has 0 spiro atoms. The van der Waals surface area contributed by atoms with Gasteiger partial charge in [0.2, 0.25) is 5.89 Å². The van der Waals surface area contributed by atoms with Crippen molar-refractivity contribution in [2.75, 3.05) is 0 Å². The van der Waals surface area contributed by atoms with Gasteiger partial charge in [-0.2, -0.15) is 4.98 Å². The Morgan fingerprint density at radius 3 is 3.14 bits per heavy atom. The third kappa shape index (κ3) is 2.95. The van der Waals surface area contributed by atoms with E-state index in [-0.39, 0.29) is 12.5 Å². The Hall–Kier alpha value is -2.77. The van der Waals surface area contributed by atoms with E-state index in [0.717, 1.165) is 6.42 Å². The zero-order valence-electron chi connectivity index (χ0n) is 12.4. The van der Waals surface area contributed by atoms with Crippen LogP contribution in [0, 0.1) is 5.92 Å². The lowest BCUT2D eigenvalue weighted by molar-refractivity contribution is 0.0950. The molecule has 1 N–H and O–H groups in total. The molecule has 0 aliphatic rings. The fourth-order valence-corrected chi connectivity index (χ4v) is 2.08. The molecule has 0 aliphatic carbocycles. The number of rotatable bonds is 5. The number of nitrogens with one attached hydrogen (secondary N) is 1. The van der Waals surface area contributed by atoms with Crippen molar-refractivity contribution < 1.29 is 9.32 Å². The van der Waals surface area contributed by atoms with Gasteiger partial charge in [0.1, 0.15) is 6.33 Å². The van der Waals surface area contributed by atoms with Crippen LogP contribution in [0.4, 0.5) is 0 Å². The highest BCUT2D eigenvalue weighted by molar-refractivity contribution is 5.99. The van der Waals surface area contributed by atoms with Crippen LogP contribution in [-0.2, 0) is 13.0 Å². The average Bonchev–Trinajstić information content (AvgIpc) is 3.12. The summed E-state index contributed by atoms with van der Waals surface area (Å²) in [5.74, 6) is 1.22. The van der Waals surface area contributed by atoms with Crippen molar-refractivity contribution in [2.24, 2.45) is 5.92 Å². The Morgan fingerprint density at radius 1 is 1.45 bits per heavy atom. The van der Waals surface area contributed by atoms with Crippen LogP contribution in [0.25, 0.3) is 5.65 Å². The van der Waals surface area contributed by atoms with Crippen LogP contribution in [0.2, 0.25) is 0 Å². The Kier molecular flexibility index (Phi) is 3.82. The second kappa shape index (κ2) is 5.92. The number of aromatic nitrogens is 5. The normalized spacial score (nSPS) is 11.2. The van der Waals surface area contributed by atoms with Crippen molar-refractivity contribution >= 4 is 11.6 Å². The second-order valence-electron chi connectivity index (χ2n) is 5.37. The van der Waals surface area contributed by atoms with E-state index >= 15 is 0 Å². The smallest absolute Gasteiger partial charge is 0.255 e. The summed E-state index contributed by atoms with van der Waals surface area (Å²) in [6.45, 7) is 4.35. The van der Waals surface area contributed by atoms with E-state index in [1.54, 1.807) is 29.1 Å². The highest BCUT2D eigenvalue weighted by atomic mass is 16.5. The first-order valence-electron chi connectivity index (χ1n) is 7.01. The van der Waals surface area contributed by atoms with Gasteiger partial charge in [-0.15, -0.1) is 10.2 Å². The molecular weight excluding hydrogens is 284 g/mol. The van der Waals surface area contributed by atoms with Crippen molar-refractivity contribution in [3.8, 4) is 0 Å². The molecule has 0 fully saturated rings. The minimum absolute atomic E-state index is 0.204.